The average Bonchev–Trinajstić information content (AvgIpc) is 2.05. The van der Waals surface area contributed by atoms with Crippen LogP contribution in [-0.4, -0.2) is 7.11 Å². The zero-order valence-corrected chi connectivity index (χ0v) is 8.83. The first-order valence-corrected chi connectivity index (χ1v) is 4.62. The van der Waals surface area contributed by atoms with Crippen molar-refractivity contribution in [1.29, 1.82) is 0 Å². The van der Waals surface area contributed by atoms with Crippen LogP contribution in [-0.2, 0) is 0 Å². The maximum Gasteiger partial charge on any atom is 0.134 e. The second-order valence-electron chi connectivity index (χ2n) is 2.23. The molecule has 0 aliphatic heterocycles. The summed E-state index contributed by atoms with van der Waals surface area (Å²) in [5, 5.41) is 0. The van der Waals surface area contributed by atoms with E-state index in [1.54, 1.807) is 19.2 Å². The van der Waals surface area contributed by atoms with E-state index in [0.717, 1.165) is 16.2 Å². The van der Waals surface area contributed by atoms with Gasteiger partial charge in [-0.15, -0.1) is 35.8 Å². The number of ether oxygens (including phenoxy) is 1. The topological polar surface area (TPSA) is 9.23 Å². The van der Waals surface area contributed by atoms with Crippen LogP contribution in [0, 0.1) is 0 Å². The van der Waals surface area contributed by atoms with E-state index >= 15 is 0 Å². The molecule has 1 aromatic rings. The molecule has 0 amide bonds. The van der Waals surface area contributed by atoms with Gasteiger partial charge in [0.05, 0.1) is 7.11 Å². The van der Waals surface area contributed by atoms with Crippen molar-refractivity contribution in [3.63, 3.8) is 0 Å². The van der Waals surface area contributed by atoms with Crippen molar-refractivity contribution in [2.24, 2.45) is 0 Å². The van der Waals surface area contributed by atoms with Gasteiger partial charge in [-0.1, -0.05) is 0 Å². The number of hydrogen-bond acceptors (Lipinski definition) is 2. The van der Waals surface area contributed by atoms with Crippen LogP contribution in [0.15, 0.2) is 23.1 Å². The van der Waals surface area contributed by atoms with Crippen molar-refractivity contribution >= 4 is 35.8 Å². The Labute approximate surface area is 87.0 Å². The first kappa shape index (κ1) is 10.0. The van der Waals surface area contributed by atoms with Crippen LogP contribution >= 0.6 is 35.8 Å². The molecule has 0 aromatic heterocycles. The van der Waals surface area contributed by atoms with Gasteiger partial charge in [0.2, 0.25) is 0 Å². The van der Waals surface area contributed by atoms with E-state index in [1.807, 2.05) is 6.07 Å². The summed E-state index contributed by atoms with van der Waals surface area (Å²) in [7, 11) is 1.59. The standard InChI is InChI=1S/C8H8Cl2OS/c1-11-5-2-3-7(12)6(4-5)8(9)10/h2-4,8,12H,1H3. The third-order valence-electron chi connectivity index (χ3n) is 1.47. The summed E-state index contributed by atoms with van der Waals surface area (Å²) in [6, 6.07) is 5.38. The molecule has 0 N–H and O–H groups in total. The van der Waals surface area contributed by atoms with Crippen molar-refractivity contribution in [2.75, 3.05) is 7.11 Å². The molecular formula is C8H8Cl2OS. The van der Waals surface area contributed by atoms with Crippen LogP contribution in [0.3, 0.4) is 0 Å². The minimum absolute atomic E-state index is 0.562. The summed E-state index contributed by atoms with van der Waals surface area (Å²) < 4.78 is 5.01. The van der Waals surface area contributed by atoms with Gasteiger partial charge in [0.15, 0.2) is 0 Å². The summed E-state index contributed by atoms with van der Waals surface area (Å²) in [5.74, 6) is 0.731. The fraction of sp³-hybridized carbons (Fsp3) is 0.250. The second kappa shape index (κ2) is 4.26. The fourth-order valence-corrected chi connectivity index (χ4v) is 1.62. The third kappa shape index (κ3) is 2.22. The molecule has 0 saturated heterocycles. The third-order valence-corrected chi connectivity index (χ3v) is 2.35. The molecule has 0 spiro atoms. The van der Waals surface area contributed by atoms with Gasteiger partial charge in [0.25, 0.3) is 0 Å². The Morgan fingerprint density at radius 2 is 2.08 bits per heavy atom. The number of benzene rings is 1. The Hall–Kier alpha value is -0.0500. The second-order valence-corrected chi connectivity index (χ2v) is 3.80. The number of methoxy groups -OCH3 is 1. The van der Waals surface area contributed by atoms with E-state index < -0.39 is 4.84 Å². The van der Waals surface area contributed by atoms with Crippen LogP contribution in [0.25, 0.3) is 0 Å². The molecule has 1 nitrogen and oxygen atoms in total. The van der Waals surface area contributed by atoms with Gasteiger partial charge < -0.3 is 4.74 Å². The summed E-state index contributed by atoms with van der Waals surface area (Å²) in [5.41, 5.74) is 0.765. The van der Waals surface area contributed by atoms with Gasteiger partial charge in [-0.25, -0.2) is 0 Å². The highest BCUT2D eigenvalue weighted by atomic mass is 35.5. The zero-order chi connectivity index (χ0) is 9.14. The molecular weight excluding hydrogens is 215 g/mol. The smallest absolute Gasteiger partial charge is 0.134 e. The Kier molecular flexibility index (Phi) is 3.56. The predicted molar refractivity (Wildman–Crippen MR) is 54.7 cm³/mol. The number of hydrogen-bond donors (Lipinski definition) is 1. The van der Waals surface area contributed by atoms with Crippen molar-refractivity contribution in [2.45, 2.75) is 9.73 Å². The molecule has 0 fully saturated rings. The fourth-order valence-electron chi connectivity index (χ4n) is 0.834. The van der Waals surface area contributed by atoms with Crippen LogP contribution < -0.4 is 4.74 Å². The lowest BCUT2D eigenvalue weighted by Gasteiger charge is -2.07. The Balaban J connectivity index is 3.08. The molecule has 12 heavy (non-hydrogen) atoms. The quantitative estimate of drug-likeness (QED) is 0.596. The Bertz CT molecular complexity index is 276. The lowest BCUT2D eigenvalue weighted by atomic mass is 10.2. The number of halogens is 2. The number of alkyl halides is 2. The lowest BCUT2D eigenvalue weighted by Crippen LogP contribution is -1.88. The molecule has 4 heteroatoms. The molecule has 0 heterocycles. The highest BCUT2D eigenvalue weighted by molar-refractivity contribution is 7.80. The van der Waals surface area contributed by atoms with E-state index in [9.17, 15) is 0 Å². The van der Waals surface area contributed by atoms with E-state index in [4.69, 9.17) is 27.9 Å². The first-order chi connectivity index (χ1) is 5.65. The van der Waals surface area contributed by atoms with E-state index in [2.05, 4.69) is 12.6 Å². The van der Waals surface area contributed by atoms with Crippen LogP contribution in [0.4, 0.5) is 0 Å². The van der Waals surface area contributed by atoms with Gasteiger partial charge in [0.1, 0.15) is 10.6 Å². The van der Waals surface area contributed by atoms with Crippen molar-refractivity contribution < 1.29 is 4.74 Å². The molecule has 0 aliphatic rings. The van der Waals surface area contributed by atoms with Crippen molar-refractivity contribution in [3.8, 4) is 5.75 Å². The largest absolute Gasteiger partial charge is 0.497 e. The Morgan fingerprint density at radius 1 is 1.42 bits per heavy atom. The van der Waals surface area contributed by atoms with Crippen LogP contribution in [0.5, 0.6) is 5.75 Å². The van der Waals surface area contributed by atoms with Gasteiger partial charge >= 0.3 is 0 Å². The first-order valence-electron chi connectivity index (χ1n) is 3.30. The normalized spacial score (nSPS) is 10.4. The maximum absolute atomic E-state index is 5.70. The summed E-state index contributed by atoms with van der Waals surface area (Å²) >= 11 is 15.6. The predicted octanol–water partition coefficient (Wildman–Crippen LogP) is 3.46. The molecule has 0 radical (unpaired) electrons. The number of rotatable bonds is 2. The lowest BCUT2D eigenvalue weighted by molar-refractivity contribution is 0.414. The molecule has 0 aliphatic carbocycles. The van der Waals surface area contributed by atoms with Gasteiger partial charge in [0, 0.05) is 10.5 Å². The minimum Gasteiger partial charge on any atom is -0.497 e. The molecule has 0 bridgehead atoms. The summed E-state index contributed by atoms with van der Waals surface area (Å²) in [6.07, 6.45) is 0. The van der Waals surface area contributed by atoms with E-state index in [-0.39, 0.29) is 0 Å². The minimum atomic E-state index is -0.562. The van der Waals surface area contributed by atoms with Gasteiger partial charge in [-0.3, -0.25) is 0 Å². The SMILES string of the molecule is COc1ccc(S)c(C(Cl)Cl)c1. The molecule has 1 rings (SSSR count). The molecule has 66 valence electrons. The molecule has 0 atom stereocenters. The average molecular weight is 223 g/mol. The monoisotopic (exact) mass is 222 g/mol. The molecule has 0 saturated carbocycles. The summed E-state index contributed by atoms with van der Waals surface area (Å²) in [4.78, 5) is 0.207. The van der Waals surface area contributed by atoms with Gasteiger partial charge in [-0.2, -0.15) is 0 Å². The zero-order valence-electron chi connectivity index (χ0n) is 6.42. The molecule has 1 aromatic carbocycles. The van der Waals surface area contributed by atoms with Crippen LogP contribution in [0.2, 0.25) is 0 Å². The van der Waals surface area contributed by atoms with E-state index in [0.29, 0.717) is 0 Å². The van der Waals surface area contributed by atoms with E-state index in [1.165, 1.54) is 0 Å². The molecule has 0 unspecified atom stereocenters. The van der Waals surface area contributed by atoms with Crippen LogP contribution in [0.1, 0.15) is 10.4 Å². The maximum atomic E-state index is 5.70. The van der Waals surface area contributed by atoms with Gasteiger partial charge in [-0.05, 0) is 18.2 Å². The Morgan fingerprint density at radius 3 is 2.58 bits per heavy atom. The number of thiol groups is 1. The highest BCUT2D eigenvalue weighted by Crippen LogP contribution is 2.32. The van der Waals surface area contributed by atoms with Crippen molar-refractivity contribution in [3.05, 3.63) is 23.8 Å². The summed E-state index contributed by atoms with van der Waals surface area (Å²) in [6.45, 7) is 0. The highest BCUT2D eigenvalue weighted by Gasteiger charge is 2.08. The van der Waals surface area contributed by atoms with Crippen molar-refractivity contribution in [1.82, 2.24) is 0 Å².